The minimum Gasteiger partial charge on any atom is -0.508 e. The Bertz CT molecular complexity index is 786. The zero-order valence-electron chi connectivity index (χ0n) is 15.1. The van der Waals surface area contributed by atoms with E-state index in [1.165, 1.54) is 5.56 Å². The molecular weight excluding hydrogens is 396 g/mol. The number of rotatable bonds is 7. The van der Waals surface area contributed by atoms with Crippen LogP contribution in [0.1, 0.15) is 44.2 Å². The number of aromatic hydroxyl groups is 1. The fourth-order valence-corrected chi connectivity index (χ4v) is 2.81. The van der Waals surface area contributed by atoms with Crippen LogP contribution >= 0.6 is 15.9 Å². The molecule has 2 aromatic carbocycles. The van der Waals surface area contributed by atoms with E-state index in [1.807, 2.05) is 25.1 Å². The Morgan fingerprint density at radius 3 is 2.50 bits per heavy atom. The second kappa shape index (κ2) is 9.38. The van der Waals surface area contributed by atoms with E-state index in [2.05, 4.69) is 40.3 Å². The predicted octanol–water partition coefficient (Wildman–Crippen LogP) is 4.59. The number of hydrogen-bond acceptors (Lipinski definition) is 4. The van der Waals surface area contributed by atoms with Crippen LogP contribution in [-0.4, -0.2) is 23.3 Å². The molecule has 0 aromatic heterocycles. The van der Waals surface area contributed by atoms with Crippen molar-refractivity contribution >= 4 is 27.5 Å². The molecule has 0 saturated heterocycles. The molecule has 2 aromatic rings. The molecule has 0 heterocycles. The third kappa shape index (κ3) is 5.59. The Morgan fingerprint density at radius 1 is 1.23 bits per heavy atom. The minimum absolute atomic E-state index is 0.129. The molecule has 0 aliphatic heterocycles. The summed E-state index contributed by atoms with van der Waals surface area (Å²) < 4.78 is 6.38. The van der Waals surface area contributed by atoms with E-state index in [4.69, 9.17) is 4.74 Å². The topological polar surface area (TPSA) is 70.9 Å². The summed E-state index contributed by atoms with van der Waals surface area (Å²) in [4.78, 5) is 12.0. The van der Waals surface area contributed by atoms with E-state index in [0.29, 0.717) is 18.1 Å². The van der Waals surface area contributed by atoms with Crippen molar-refractivity contribution in [2.45, 2.75) is 33.1 Å². The number of ether oxygens (including phenoxy) is 1. The number of benzene rings is 2. The Balaban J connectivity index is 1.94. The highest BCUT2D eigenvalue weighted by atomic mass is 79.9. The van der Waals surface area contributed by atoms with Crippen LogP contribution in [0.15, 0.2) is 52.0 Å². The van der Waals surface area contributed by atoms with E-state index in [-0.39, 0.29) is 18.3 Å². The fourth-order valence-electron chi connectivity index (χ4n) is 2.30. The minimum atomic E-state index is -0.338. The van der Waals surface area contributed by atoms with Crippen molar-refractivity contribution in [2.75, 3.05) is 6.61 Å². The number of nitrogens with one attached hydrogen (secondary N) is 1. The van der Waals surface area contributed by atoms with E-state index in [0.717, 1.165) is 15.7 Å². The average Bonchev–Trinajstić information content (AvgIpc) is 2.62. The highest BCUT2D eigenvalue weighted by Crippen LogP contribution is 2.28. The molecule has 138 valence electrons. The molecule has 0 unspecified atom stereocenters. The van der Waals surface area contributed by atoms with E-state index in [1.54, 1.807) is 24.3 Å². The summed E-state index contributed by atoms with van der Waals surface area (Å²) in [5.41, 5.74) is 5.28. The molecule has 0 radical (unpaired) electrons. The molecule has 0 atom stereocenters. The van der Waals surface area contributed by atoms with Gasteiger partial charge in [-0.3, -0.25) is 4.79 Å². The predicted molar refractivity (Wildman–Crippen MR) is 107 cm³/mol. The lowest BCUT2D eigenvalue weighted by atomic mass is 10.0. The maximum absolute atomic E-state index is 12.0. The van der Waals surface area contributed by atoms with Crippen molar-refractivity contribution < 1.29 is 14.6 Å². The molecule has 0 aliphatic carbocycles. The number of phenolic OH excluding ortho intramolecular Hbond substituents is 1. The first kappa shape index (κ1) is 20.0. The van der Waals surface area contributed by atoms with Crippen LogP contribution in [0.4, 0.5) is 0 Å². The molecule has 1 amide bonds. The zero-order chi connectivity index (χ0) is 19.1. The van der Waals surface area contributed by atoms with Gasteiger partial charge in [0.2, 0.25) is 0 Å². The van der Waals surface area contributed by atoms with Gasteiger partial charge in [0.1, 0.15) is 11.5 Å². The van der Waals surface area contributed by atoms with Crippen molar-refractivity contribution in [3.05, 3.63) is 58.1 Å². The molecule has 0 aliphatic rings. The molecule has 2 rings (SSSR count). The van der Waals surface area contributed by atoms with Crippen LogP contribution < -0.4 is 10.2 Å². The van der Waals surface area contributed by atoms with Crippen molar-refractivity contribution in [3.63, 3.8) is 0 Å². The second-order valence-electron chi connectivity index (χ2n) is 6.13. The standard InChI is InChI=1S/C20H23BrN2O3/c1-4-18(14-5-8-16(24)9-6-14)22-23-20(25)12-26-19-10-7-15(13(2)3)11-17(19)21/h5-11,13,24H,4,12H2,1-3H3,(H,23,25)/b22-18+. The number of carbonyl (C=O) groups is 1. The number of hydrazone groups is 1. The molecule has 2 N–H and O–H groups in total. The summed E-state index contributed by atoms with van der Waals surface area (Å²) in [5, 5.41) is 13.5. The van der Waals surface area contributed by atoms with Gasteiger partial charge in [0.15, 0.2) is 6.61 Å². The summed E-state index contributed by atoms with van der Waals surface area (Å²) in [5.74, 6) is 0.887. The van der Waals surface area contributed by atoms with Crippen LogP contribution in [0.2, 0.25) is 0 Å². The Labute approximate surface area is 162 Å². The molecular formula is C20H23BrN2O3. The first-order valence-electron chi connectivity index (χ1n) is 8.47. The lowest BCUT2D eigenvalue weighted by molar-refractivity contribution is -0.123. The fraction of sp³-hybridized carbons (Fsp3) is 0.300. The van der Waals surface area contributed by atoms with Gasteiger partial charge in [-0.25, -0.2) is 5.43 Å². The largest absolute Gasteiger partial charge is 0.508 e. The highest BCUT2D eigenvalue weighted by Gasteiger charge is 2.08. The first-order chi connectivity index (χ1) is 12.4. The SMILES string of the molecule is CC/C(=N\NC(=O)COc1ccc(C(C)C)cc1Br)c1ccc(O)cc1. The van der Waals surface area contributed by atoms with Gasteiger partial charge in [-0.15, -0.1) is 0 Å². The third-order valence-corrected chi connectivity index (χ3v) is 4.45. The van der Waals surface area contributed by atoms with Gasteiger partial charge in [-0.05, 0) is 75.8 Å². The second-order valence-corrected chi connectivity index (χ2v) is 6.98. The normalized spacial score (nSPS) is 11.5. The van der Waals surface area contributed by atoms with Crippen LogP contribution in [0.3, 0.4) is 0 Å². The first-order valence-corrected chi connectivity index (χ1v) is 9.27. The molecule has 6 heteroatoms. The summed E-state index contributed by atoms with van der Waals surface area (Å²) in [6.45, 7) is 6.05. The highest BCUT2D eigenvalue weighted by molar-refractivity contribution is 9.10. The summed E-state index contributed by atoms with van der Waals surface area (Å²) in [7, 11) is 0. The molecule has 26 heavy (non-hydrogen) atoms. The van der Waals surface area contributed by atoms with Crippen LogP contribution in [0.25, 0.3) is 0 Å². The van der Waals surface area contributed by atoms with Crippen molar-refractivity contribution in [3.8, 4) is 11.5 Å². The number of carbonyl (C=O) groups excluding carboxylic acids is 1. The van der Waals surface area contributed by atoms with E-state index in [9.17, 15) is 9.90 Å². The lowest BCUT2D eigenvalue weighted by Crippen LogP contribution is -2.26. The van der Waals surface area contributed by atoms with Crippen LogP contribution in [0, 0.1) is 0 Å². The van der Waals surface area contributed by atoms with Gasteiger partial charge in [0.25, 0.3) is 5.91 Å². The molecule has 5 nitrogen and oxygen atoms in total. The summed E-state index contributed by atoms with van der Waals surface area (Å²) in [6, 6.07) is 12.5. The Kier molecular flexibility index (Phi) is 7.21. The Hall–Kier alpha value is -2.34. The van der Waals surface area contributed by atoms with E-state index >= 15 is 0 Å². The maximum atomic E-state index is 12.0. The van der Waals surface area contributed by atoms with Gasteiger partial charge < -0.3 is 9.84 Å². The molecule has 0 fully saturated rings. The van der Waals surface area contributed by atoms with Gasteiger partial charge in [-0.2, -0.15) is 5.10 Å². The average molecular weight is 419 g/mol. The smallest absolute Gasteiger partial charge is 0.277 e. The monoisotopic (exact) mass is 418 g/mol. The van der Waals surface area contributed by atoms with E-state index < -0.39 is 0 Å². The van der Waals surface area contributed by atoms with Gasteiger partial charge >= 0.3 is 0 Å². The lowest BCUT2D eigenvalue weighted by Gasteiger charge is -2.11. The van der Waals surface area contributed by atoms with Crippen LogP contribution in [-0.2, 0) is 4.79 Å². The maximum Gasteiger partial charge on any atom is 0.277 e. The third-order valence-electron chi connectivity index (χ3n) is 3.83. The number of phenols is 1. The summed E-state index contributed by atoms with van der Waals surface area (Å²) in [6.07, 6.45) is 0.647. The Morgan fingerprint density at radius 2 is 1.92 bits per heavy atom. The van der Waals surface area contributed by atoms with Gasteiger partial charge in [-0.1, -0.05) is 26.8 Å². The quantitative estimate of drug-likeness (QED) is 0.510. The molecule has 0 bridgehead atoms. The zero-order valence-corrected chi connectivity index (χ0v) is 16.7. The van der Waals surface area contributed by atoms with Crippen molar-refractivity contribution in [1.82, 2.24) is 5.43 Å². The van der Waals surface area contributed by atoms with Gasteiger partial charge in [0.05, 0.1) is 10.2 Å². The van der Waals surface area contributed by atoms with Crippen molar-refractivity contribution in [1.29, 1.82) is 0 Å². The summed E-state index contributed by atoms with van der Waals surface area (Å²) >= 11 is 3.47. The number of hydrogen-bond donors (Lipinski definition) is 2. The van der Waals surface area contributed by atoms with Crippen molar-refractivity contribution in [2.24, 2.45) is 5.10 Å². The number of amides is 1. The number of nitrogens with zero attached hydrogens (tertiary/aromatic N) is 1. The molecule has 0 saturated carbocycles. The van der Waals surface area contributed by atoms with Gasteiger partial charge in [0, 0.05) is 0 Å². The molecule has 0 spiro atoms. The van der Waals surface area contributed by atoms with Crippen LogP contribution in [0.5, 0.6) is 11.5 Å². The number of halogens is 1.